The van der Waals surface area contributed by atoms with E-state index in [4.69, 9.17) is 0 Å². The Morgan fingerprint density at radius 1 is 1.07 bits per heavy atom. The van der Waals surface area contributed by atoms with Crippen LogP contribution in [-0.4, -0.2) is 47.3 Å². The summed E-state index contributed by atoms with van der Waals surface area (Å²) >= 11 is 0. The van der Waals surface area contributed by atoms with E-state index in [9.17, 15) is 14.4 Å². The quantitative estimate of drug-likeness (QED) is 0.782. The van der Waals surface area contributed by atoms with Gasteiger partial charge in [0.25, 0.3) is 5.91 Å². The van der Waals surface area contributed by atoms with E-state index in [2.05, 4.69) is 12.2 Å². The molecule has 1 aromatic rings. The van der Waals surface area contributed by atoms with E-state index in [1.165, 1.54) is 0 Å². The number of unbranched alkanes of at least 4 members (excludes halogenated alkanes) is 1. The molecule has 2 aliphatic heterocycles. The molecule has 146 valence electrons. The molecule has 0 bridgehead atoms. The van der Waals surface area contributed by atoms with Gasteiger partial charge in [-0.25, -0.2) is 4.79 Å². The standard InChI is InChI=1S/C21H29N3O3/c1-2-3-13-21(17-11-7-6-8-12-17)19(26)24(20(27)22-21)16-18(25)23-14-9-4-5-10-15-23/h6-8,11-12H,2-5,9-10,13-16H2,1H3,(H,22,27). The second kappa shape index (κ2) is 8.55. The molecule has 0 radical (unpaired) electrons. The van der Waals surface area contributed by atoms with Crippen molar-refractivity contribution in [2.24, 2.45) is 0 Å². The fourth-order valence-corrected chi connectivity index (χ4v) is 4.00. The van der Waals surface area contributed by atoms with Crippen LogP contribution in [0.1, 0.15) is 57.4 Å². The van der Waals surface area contributed by atoms with Gasteiger partial charge >= 0.3 is 6.03 Å². The van der Waals surface area contributed by atoms with Crippen LogP contribution in [0.25, 0.3) is 0 Å². The lowest BCUT2D eigenvalue weighted by molar-refractivity contribution is -0.139. The number of hydrogen-bond donors (Lipinski definition) is 1. The molecule has 0 aliphatic carbocycles. The van der Waals surface area contributed by atoms with Crippen molar-refractivity contribution < 1.29 is 14.4 Å². The minimum absolute atomic E-state index is 0.139. The van der Waals surface area contributed by atoms with E-state index in [1.807, 2.05) is 30.3 Å². The summed E-state index contributed by atoms with van der Waals surface area (Å²) < 4.78 is 0. The molecule has 0 aromatic heterocycles. The van der Waals surface area contributed by atoms with E-state index < -0.39 is 11.6 Å². The molecule has 0 saturated carbocycles. The number of amides is 4. The number of carbonyl (C=O) groups excluding carboxylic acids is 3. The second-order valence-electron chi connectivity index (χ2n) is 7.49. The molecule has 2 fully saturated rings. The van der Waals surface area contributed by atoms with Crippen molar-refractivity contribution in [3.8, 4) is 0 Å². The van der Waals surface area contributed by atoms with Crippen LogP contribution < -0.4 is 5.32 Å². The first-order valence-corrected chi connectivity index (χ1v) is 10.1. The Morgan fingerprint density at radius 2 is 1.74 bits per heavy atom. The van der Waals surface area contributed by atoms with E-state index in [1.54, 1.807) is 4.90 Å². The average Bonchev–Trinajstić information content (AvgIpc) is 2.89. The first kappa shape index (κ1) is 19.4. The zero-order valence-electron chi connectivity index (χ0n) is 16.1. The summed E-state index contributed by atoms with van der Waals surface area (Å²) in [5, 5.41) is 2.91. The van der Waals surface area contributed by atoms with Crippen molar-refractivity contribution in [2.45, 2.75) is 57.4 Å². The summed E-state index contributed by atoms with van der Waals surface area (Å²) in [5.74, 6) is -0.449. The van der Waals surface area contributed by atoms with Crippen molar-refractivity contribution >= 4 is 17.8 Å². The van der Waals surface area contributed by atoms with Gasteiger partial charge in [0.05, 0.1) is 0 Å². The molecule has 2 aliphatic rings. The van der Waals surface area contributed by atoms with Crippen LogP contribution in [0.3, 0.4) is 0 Å². The predicted octanol–water partition coefficient (Wildman–Crippen LogP) is 3.03. The maximum atomic E-state index is 13.3. The summed E-state index contributed by atoms with van der Waals surface area (Å²) in [4.78, 5) is 41.6. The minimum Gasteiger partial charge on any atom is -0.341 e. The van der Waals surface area contributed by atoms with Crippen molar-refractivity contribution in [3.05, 3.63) is 35.9 Å². The van der Waals surface area contributed by atoms with Crippen LogP contribution in [0.2, 0.25) is 0 Å². The highest BCUT2D eigenvalue weighted by Crippen LogP contribution is 2.34. The fraction of sp³-hybridized carbons (Fsp3) is 0.571. The monoisotopic (exact) mass is 371 g/mol. The largest absolute Gasteiger partial charge is 0.341 e. The Labute approximate surface area is 160 Å². The Morgan fingerprint density at radius 3 is 2.37 bits per heavy atom. The van der Waals surface area contributed by atoms with E-state index in [0.717, 1.165) is 49.0 Å². The first-order valence-electron chi connectivity index (χ1n) is 10.1. The van der Waals surface area contributed by atoms with E-state index in [-0.39, 0.29) is 18.4 Å². The highest BCUT2D eigenvalue weighted by atomic mass is 16.2. The van der Waals surface area contributed by atoms with Crippen LogP contribution in [0.5, 0.6) is 0 Å². The van der Waals surface area contributed by atoms with Crippen molar-refractivity contribution in [3.63, 3.8) is 0 Å². The number of nitrogens with one attached hydrogen (secondary N) is 1. The van der Waals surface area contributed by atoms with Gasteiger partial charge < -0.3 is 10.2 Å². The molecule has 1 atom stereocenters. The normalized spacial score (nSPS) is 23.3. The smallest absolute Gasteiger partial charge is 0.325 e. The summed E-state index contributed by atoms with van der Waals surface area (Å²) in [6.07, 6.45) is 6.49. The second-order valence-corrected chi connectivity index (χ2v) is 7.49. The third-order valence-corrected chi connectivity index (χ3v) is 5.60. The van der Waals surface area contributed by atoms with Gasteiger partial charge in [0, 0.05) is 13.1 Å². The molecule has 1 N–H and O–H groups in total. The molecular formula is C21H29N3O3. The molecule has 2 heterocycles. The maximum Gasteiger partial charge on any atom is 0.325 e. The van der Waals surface area contributed by atoms with E-state index in [0.29, 0.717) is 19.5 Å². The fourth-order valence-electron chi connectivity index (χ4n) is 4.00. The van der Waals surface area contributed by atoms with Gasteiger partial charge in [0.15, 0.2) is 0 Å². The highest BCUT2D eigenvalue weighted by Gasteiger charge is 2.52. The molecule has 27 heavy (non-hydrogen) atoms. The zero-order chi connectivity index (χ0) is 19.3. The summed E-state index contributed by atoms with van der Waals surface area (Å²) in [6, 6.07) is 8.89. The molecule has 6 nitrogen and oxygen atoms in total. The van der Waals surface area contributed by atoms with Gasteiger partial charge in [0.1, 0.15) is 12.1 Å². The summed E-state index contributed by atoms with van der Waals surface area (Å²) in [5.41, 5.74) is -0.283. The number of carbonyl (C=O) groups is 3. The van der Waals surface area contributed by atoms with Crippen LogP contribution >= 0.6 is 0 Å². The molecule has 1 aromatic carbocycles. The molecule has 1 unspecified atom stereocenters. The first-order chi connectivity index (χ1) is 13.1. The number of rotatable bonds is 6. The number of urea groups is 1. The molecule has 4 amide bonds. The van der Waals surface area contributed by atoms with Crippen LogP contribution in [0, 0.1) is 0 Å². The lowest BCUT2D eigenvalue weighted by Gasteiger charge is -2.28. The van der Waals surface area contributed by atoms with Crippen LogP contribution in [0.4, 0.5) is 4.79 Å². The number of imide groups is 1. The maximum absolute atomic E-state index is 13.3. The Hall–Kier alpha value is -2.37. The van der Waals surface area contributed by atoms with Gasteiger partial charge in [-0.1, -0.05) is 62.9 Å². The highest BCUT2D eigenvalue weighted by molar-refractivity contribution is 6.09. The molecule has 6 heteroatoms. The predicted molar refractivity (Wildman–Crippen MR) is 103 cm³/mol. The third-order valence-electron chi connectivity index (χ3n) is 5.60. The number of nitrogens with zero attached hydrogens (tertiary/aromatic N) is 2. The Balaban J connectivity index is 1.80. The number of benzene rings is 1. The van der Waals surface area contributed by atoms with Gasteiger partial charge in [-0.15, -0.1) is 0 Å². The number of likely N-dealkylation sites (tertiary alicyclic amines) is 1. The molecule has 0 spiro atoms. The molecule has 3 rings (SSSR count). The molecule has 2 saturated heterocycles. The van der Waals surface area contributed by atoms with Crippen molar-refractivity contribution in [2.75, 3.05) is 19.6 Å². The van der Waals surface area contributed by atoms with Gasteiger partial charge in [-0.3, -0.25) is 14.5 Å². The zero-order valence-corrected chi connectivity index (χ0v) is 16.1. The van der Waals surface area contributed by atoms with Crippen molar-refractivity contribution in [1.29, 1.82) is 0 Å². The van der Waals surface area contributed by atoms with E-state index >= 15 is 0 Å². The lowest BCUT2D eigenvalue weighted by atomic mass is 9.85. The van der Waals surface area contributed by atoms with Crippen LogP contribution in [0.15, 0.2) is 30.3 Å². The SMILES string of the molecule is CCCCC1(c2ccccc2)NC(=O)N(CC(=O)N2CCCCCC2)C1=O. The Bertz CT molecular complexity index is 683. The third kappa shape index (κ3) is 3.99. The van der Waals surface area contributed by atoms with Crippen LogP contribution in [-0.2, 0) is 15.1 Å². The van der Waals surface area contributed by atoms with Gasteiger partial charge in [-0.05, 0) is 24.8 Å². The minimum atomic E-state index is -1.06. The van der Waals surface area contributed by atoms with Crippen molar-refractivity contribution in [1.82, 2.24) is 15.1 Å². The average molecular weight is 371 g/mol. The number of hydrogen-bond acceptors (Lipinski definition) is 3. The summed E-state index contributed by atoms with van der Waals surface area (Å²) in [6.45, 7) is 3.30. The molecular weight excluding hydrogens is 342 g/mol. The topological polar surface area (TPSA) is 69.7 Å². The van der Waals surface area contributed by atoms with Gasteiger partial charge in [0.2, 0.25) is 5.91 Å². The Kier molecular flexibility index (Phi) is 6.14. The summed E-state index contributed by atoms with van der Waals surface area (Å²) in [7, 11) is 0. The lowest BCUT2D eigenvalue weighted by Crippen LogP contribution is -2.46. The van der Waals surface area contributed by atoms with Gasteiger partial charge in [-0.2, -0.15) is 0 Å².